The van der Waals surface area contributed by atoms with Crippen LogP contribution in [0.5, 0.6) is 5.75 Å². The van der Waals surface area contributed by atoms with Crippen molar-refractivity contribution in [1.82, 2.24) is 9.80 Å². The first-order chi connectivity index (χ1) is 17.0. The fraction of sp³-hybridized carbons (Fsp3) is 0.345. The van der Waals surface area contributed by atoms with E-state index in [1.807, 2.05) is 75.6 Å². The van der Waals surface area contributed by atoms with E-state index >= 15 is 0 Å². The highest BCUT2D eigenvalue weighted by atomic mass is 19.4. The van der Waals surface area contributed by atoms with Gasteiger partial charge in [-0.1, -0.05) is 54.6 Å². The Bertz CT molecular complexity index is 1100. The number of ether oxygens (including phenoxy) is 1. The number of carbonyl (C=O) groups is 1. The monoisotopic (exact) mass is 498 g/mol. The molecule has 0 aliphatic carbocycles. The number of nitrogens with zero attached hydrogens (tertiary/aromatic N) is 2. The number of hydrogen-bond donors (Lipinski definition) is 0. The van der Waals surface area contributed by atoms with Crippen molar-refractivity contribution in [2.45, 2.75) is 38.1 Å². The molecule has 0 fully saturated rings. The molecule has 36 heavy (non-hydrogen) atoms. The predicted octanol–water partition coefficient (Wildman–Crippen LogP) is 6.54. The van der Waals surface area contributed by atoms with Crippen LogP contribution < -0.4 is 4.74 Å². The van der Waals surface area contributed by atoms with Crippen LogP contribution in [-0.4, -0.2) is 43.4 Å². The maximum absolute atomic E-state index is 13.1. The first-order valence-electron chi connectivity index (χ1n) is 11.9. The molecule has 0 N–H and O–H groups in total. The van der Waals surface area contributed by atoms with Gasteiger partial charge in [0.2, 0.25) is 5.91 Å². The van der Waals surface area contributed by atoms with Gasteiger partial charge in [-0.3, -0.25) is 4.79 Å². The standard InChI is InChI=1S/C29H33F3N2O2/c1-21(23-12-10-22(11-13-23)20-33(2)3)28(35)34(4)19-18-27(24-8-6-5-7-9-24)36-26-16-14-25(15-17-26)29(30,31)32/h5-17,21,27H,18-20H2,1-4H3/t21?,27-/m1/s1. The van der Waals surface area contributed by atoms with Crippen LogP contribution in [0.3, 0.4) is 0 Å². The van der Waals surface area contributed by atoms with Crippen LogP contribution >= 0.6 is 0 Å². The number of halogens is 3. The number of rotatable bonds is 10. The highest BCUT2D eigenvalue weighted by Crippen LogP contribution is 2.32. The summed E-state index contributed by atoms with van der Waals surface area (Å²) in [5.41, 5.74) is 2.31. The van der Waals surface area contributed by atoms with Gasteiger partial charge in [-0.25, -0.2) is 0 Å². The molecular formula is C29H33F3N2O2. The number of carbonyl (C=O) groups excluding carboxylic acids is 1. The van der Waals surface area contributed by atoms with E-state index in [1.165, 1.54) is 17.7 Å². The molecule has 7 heteroatoms. The van der Waals surface area contributed by atoms with Crippen molar-refractivity contribution in [3.63, 3.8) is 0 Å². The molecule has 0 bridgehead atoms. The third-order valence-electron chi connectivity index (χ3n) is 6.08. The molecular weight excluding hydrogens is 465 g/mol. The lowest BCUT2D eigenvalue weighted by Crippen LogP contribution is -2.32. The van der Waals surface area contributed by atoms with Crippen LogP contribution in [0.4, 0.5) is 13.2 Å². The molecule has 2 atom stereocenters. The van der Waals surface area contributed by atoms with Gasteiger partial charge in [0.25, 0.3) is 0 Å². The van der Waals surface area contributed by atoms with E-state index in [4.69, 9.17) is 4.74 Å². The third kappa shape index (κ3) is 7.59. The second-order valence-electron chi connectivity index (χ2n) is 9.29. The van der Waals surface area contributed by atoms with E-state index < -0.39 is 17.8 Å². The lowest BCUT2D eigenvalue weighted by molar-refractivity contribution is -0.137. The van der Waals surface area contributed by atoms with Crippen LogP contribution in [0.15, 0.2) is 78.9 Å². The van der Waals surface area contributed by atoms with Gasteiger partial charge in [0, 0.05) is 26.6 Å². The van der Waals surface area contributed by atoms with E-state index in [-0.39, 0.29) is 11.8 Å². The fourth-order valence-corrected chi connectivity index (χ4v) is 4.02. The minimum absolute atomic E-state index is 0.00305. The largest absolute Gasteiger partial charge is 0.486 e. The average molecular weight is 499 g/mol. The summed E-state index contributed by atoms with van der Waals surface area (Å²) in [7, 11) is 5.79. The van der Waals surface area contributed by atoms with Gasteiger partial charge in [0.05, 0.1) is 11.5 Å². The first kappa shape index (κ1) is 27.3. The molecule has 0 spiro atoms. The average Bonchev–Trinajstić information content (AvgIpc) is 2.86. The van der Waals surface area contributed by atoms with Crippen LogP contribution in [0.2, 0.25) is 0 Å². The van der Waals surface area contributed by atoms with Gasteiger partial charge in [0.1, 0.15) is 11.9 Å². The Balaban J connectivity index is 1.66. The van der Waals surface area contributed by atoms with E-state index in [2.05, 4.69) is 4.90 Å². The number of hydrogen-bond acceptors (Lipinski definition) is 3. The molecule has 0 radical (unpaired) electrons. The third-order valence-corrected chi connectivity index (χ3v) is 6.08. The lowest BCUT2D eigenvalue weighted by Gasteiger charge is -2.25. The summed E-state index contributed by atoms with van der Waals surface area (Å²) in [5.74, 6) is 0.0446. The van der Waals surface area contributed by atoms with E-state index in [0.717, 1.165) is 29.8 Å². The van der Waals surface area contributed by atoms with Crippen molar-refractivity contribution >= 4 is 5.91 Å². The Kier molecular flexibility index (Phi) is 9.15. The molecule has 3 aromatic carbocycles. The van der Waals surface area contributed by atoms with E-state index in [9.17, 15) is 18.0 Å². The zero-order chi connectivity index (χ0) is 26.3. The quantitative estimate of drug-likeness (QED) is 0.318. The minimum atomic E-state index is -4.40. The molecule has 0 aliphatic rings. The summed E-state index contributed by atoms with van der Waals surface area (Å²) < 4.78 is 44.8. The maximum Gasteiger partial charge on any atom is 0.416 e. The molecule has 3 aromatic rings. The predicted molar refractivity (Wildman–Crippen MR) is 136 cm³/mol. The SMILES string of the molecule is CC(C(=O)N(C)CC[C@@H](Oc1ccc(C(F)(F)F)cc1)c1ccccc1)c1ccc(CN(C)C)cc1. The Morgan fingerprint density at radius 3 is 2.03 bits per heavy atom. The van der Waals surface area contributed by atoms with Gasteiger partial charge in [-0.2, -0.15) is 13.2 Å². The Hall–Kier alpha value is -3.32. The normalized spacial score (nSPS) is 13.3. The van der Waals surface area contributed by atoms with E-state index in [0.29, 0.717) is 18.7 Å². The van der Waals surface area contributed by atoms with Gasteiger partial charge in [-0.05, 0) is 62.0 Å². The molecule has 0 aromatic heterocycles. The molecule has 1 amide bonds. The Morgan fingerprint density at radius 1 is 0.861 bits per heavy atom. The molecule has 1 unspecified atom stereocenters. The lowest BCUT2D eigenvalue weighted by atomic mass is 9.98. The number of amides is 1. The topological polar surface area (TPSA) is 32.8 Å². The van der Waals surface area contributed by atoms with Crippen LogP contribution in [0, 0.1) is 0 Å². The fourth-order valence-electron chi connectivity index (χ4n) is 4.02. The van der Waals surface area contributed by atoms with Crippen molar-refractivity contribution in [2.24, 2.45) is 0 Å². The number of likely N-dealkylation sites (N-methyl/N-ethyl adjacent to an activating group) is 1. The molecule has 0 aliphatic heterocycles. The molecule has 0 saturated carbocycles. The Labute approximate surface area is 211 Å². The molecule has 3 rings (SSSR count). The van der Waals surface area contributed by atoms with Gasteiger partial charge in [-0.15, -0.1) is 0 Å². The summed E-state index contributed by atoms with van der Waals surface area (Å²) in [6.07, 6.45) is -4.33. The van der Waals surface area contributed by atoms with Crippen LogP contribution in [0.1, 0.15) is 47.6 Å². The summed E-state index contributed by atoms with van der Waals surface area (Å²) in [6, 6.07) is 22.2. The summed E-state index contributed by atoms with van der Waals surface area (Å²) >= 11 is 0. The van der Waals surface area contributed by atoms with Crippen molar-refractivity contribution < 1.29 is 22.7 Å². The van der Waals surface area contributed by atoms with Crippen molar-refractivity contribution in [1.29, 1.82) is 0 Å². The van der Waals surface area contributed by atoms with Crippen molar-refractivity contribution in [3.8, 4) is 5.75 Å². The first-order valence-corrected chi connectivity index (χ1v) is 11.9. The Morgan fingerprint density at radius 2 is 1.47 bits per heavy atom. The second kappa shape index (κ2) is 12.1. The smallest absolute Gasteiger partial charge is 0.416 e. The zero-order valence-electron chi connectivity index (χ0n) is 21.1. The zero-order valence-corrected chi connectivity index (χ0v) is 21.1. The van der Waals surface area contributed by atoms with E-state index in [1.54, 1.807) is 11.9 Å². The maximum atomic E-state index is 13.1. The van der Waals surface area contributed by atoms with Crippen LogP contribution in [0.25, 0.3) is 0 Å². The molecule has 0 heterocycles. The number of alkyl halides is 3. The molecule has 0 saturated heterocycles. The highest BCUT2D eigenvalue weighted by molar-refractivity contribution is 5.83. The van der Waals surface area contributed by atoms with Crippen molar-refractivity contribution in [3.05, 3.63) is 101 Å². The van der Waals surface area contributed by atoms with Gasteiger partial charge < -0.3 is 14.5 Å². The van der Waals surface area contributed by atoms with Gasteiger partial charge in [0.15, 0.2) is 0 Å². The summed E-state index contributed by atoms with van der Waals surface area (Å²) in [5, 5.41) is 0. The number of benzene rings is 3. The summed E-state index contributed by atoms with van der Waals surface area (Å²) in [6.45, 7) is 3.16. The summed E-state index contributed by atoms with van der Waals surface area (Å²) in [4.78, 5) is 16.9. The second-order valence-corrected chi connectivity index (χ2v) is 9.29. The van der Waals surface area contributed by atoms with Crippen LogP contribution in [-0.2, 0) is 17.5 Å². The van der Waals surface area contributed by atoms with Gasteiger partial charge >= 0.3 is 6.18 Å². The minimum Gasteiger partial charge on any atom is -0.486 e. The highest BCUT2D eigenvalue weighted by Gasteiger charge is 2.30. The molecule has 4 nitrogen and oxygen atoms in total. The molecule has 192 valence electrons. The van der Waals surface area contributed by atoms with Crippen molar-refractivity contribution in [2.75, 3.05) is 27.7 Å².